The van der Waals surface area contributed by atoms with E-state index in [1.807, 2.05) is 35.2 Å². The number of halogens is 1. The number of ether oxygens (including phenoxy) is 3. The second kappa shape index (κ2) is 22.1. The zero-order valence-electron chi connectivity index (χ0n) is 28.7. The predicted octanol–water partition coefficient (Wildman–Crippen LogP) is 10.1. The third-order valence-corrected chi connectivity index (χ3v) is 8.45. The average molecular weight is 666 g/mol. The summed E-state index contributed by atoms with van der Waals surface area (Å²) in [5, 5.41) is 0.462. The van der Waals surface area contributed by atoms with Crippen LogP contribution >= 0.6 is 11.6 Å². The first kappa shape index (κ1) is 37.9. The molecular weight excluding hydrogens is 612 g/mol. The molecule has 1 heterocycles. The molecule has 0 aliphatic carbocycles. The van der Waals surface area contributed by atoms with Gasteiger partial charge in [-0.25, -0.2) is 14.3 Å². The van der Waals surface area contributed by atoms with E-state index in [2.05, 4.69) is 13.8 Å². The molecule has 8 heteroatoms. The molecule has 0 saturated carbocycles. The van der Waals surface area contributed by atoms with E-state index in [1.54, 1.807) is 36.4 Å². The predicted molar refractivity (Wildman–Crippen MR) is 188 cm³/mol. The minimum absolute atomic E-state index is 0.0437. The highest BCUT2D eigenvalue weighted by molar-refractivity contribution is 6.32. The smallest absolute Gasteiger partial charge is 0.417 e. The molecule has 47 heavy (non-hydrogen) atoms. The molecule has 2 aromatic carbocycles. The first-order chi connectivity index (χ1) is 23.0. The van der Waals surface area contributed by atoms with Gasteiger partial charge in [-0.15, -0.1) is 0 Å². The molecule has 7 nitrogen and oxygen atoms in total. The number of hydrogen-bond donors (Lipinski definition) is 0. The first-order valence-electron chi connectivity index (χ1n) is 17.5. The number of methoxy groups -OCH3 is 1. The van der Waals surface area contributed by atoms with Crippen molar-refractivity contribution < 1.29 is 28.4 Å². The number of amides is 2. The highest BCUT2D eigenvalue weighted by Gasteiger charge is 2.28. The van der Waals surface area contributed by atoms with Gasteiger partial charge < -0.3 is 14.2 Å². The van der Waals surface area contributed by atoms with Crippen molar-refractivity contribution in [3.63, 3.8) is 0 Å². The monoisotopic (exact) mass is 665 g/mol. The summed E-state index contributed by atoms with van der Waals surface area (Å²) in [6.45, 7) is 5.81. The van der Waals surface area contributed by atoms with E-state index in [4.69, 9.17) is 25.8 Å². The highest BCUT2D eigenvalue weighted by Crippen LogP contribution is 2.27. The lowest BCUT2D eigenvalue weighted by Gasteiger charge is -2.21. The van der Waals surface area contributed by atoms with Crippen LogP contribution in [0, 0.1) is 0 Å². The molecule has 0 fully saturated rings. The lowest BCUT2D eigenvalue weighted by atomic mass is 10.1. The van der Waals surface area contributed by atoms with Gasteiger partial charge in [0, 0.05) is 18.1 Å². The number of rotatable bonds is 22. The molecule has 256 valence electrons. The van der Waals surface area contributed by atoms with Gasteiger partial charge in [-0.05, 0) is 42.3 Å². The number of nitrogens with zero attached hydrogens (tertiary/aromatic N) is 2. The maximum atomic E-state index is 13.7. The highest BCUT2D eigenvalue weighted by atomic mass is 35.5. The Morgan fingerprint density at radius 2 is 1.45 bits per heavy atom. The fourth-order valence-corrected chi connectivity index (χ4v) is 5.79. The van der Waals surface area contributed by atoms with Gasteiger partial charge in [0.2, 0.25) is 0 Å². The molecule has 3 rings (SSSR count). The SMILES string of the molecule is CCCCCCCCCCCCCCOc1ccc(COC(=O)N(Cc2ccc[n+](CCC)c2)C(=O)c2ccccc2OC)cc1Cl. The Balaban J connectivity index is 1.49. The van der Waals surface area contributed by atoms with E-state index in [9.17, 15) is 9.59 Å². The molecular formula is C39H54ClN2O5+. The Morgan fingerprint density at radius 1 is 0.766 bits per heavy atom. The van der Waals surface area contributed by atoms with E-state index in [0.29, 0.717) is 28.7 Å². The minimum atomic E-state index is -0.754. The summed E-state index contributed by atoms with van der Waals surface area (Å²) in [4.78, 5) is 28.2. The van der Waals surface area contributed by atoms with Crippen LogP contribution in [0.2, 0.25) is 5.02 Å². The van der Waals surface area contributed by atoms with Crippen LogP contribution in [-0.4, -0.2) is 30.6 Å². The fraction of sp³-hybridized carbons (Fsp3) is 0.513. The van der Waals surface area contributed by atoms with E-state index in [1.165, 1.54) is 71.3 Å². The lowest BCUT2D eigenvalue weighted by molar-refractivity contribution is -0.697. The molecule has 3 aromatic rings. The summed E-state index contributed by atoms with van der Waals surface area (Å²) in [5.74, 6) is 0.496. The van der Waals surface area contributed by atoms with E-state index < -0.39 is 12.0 Å². The third kappa shape index (κ3) is 13.6. The zero-order valence-corrected chi connectivity index (χ0v) is 29.4. The molecule has 2 amide bonds. The number of unbranched alkanes of at least 4 members (excludes halogenated alkanes) is 11. The van der Waals surface area contributed by atoms with Crippen LogP contribution in [0.25, 0.3) is 0 Å². The van der Waals surface area contributed by atoms with Crippen LogP contribution in [0.4, 0.5) is 4.79 Å². The third-order valence-electron chi connectivity index (χ3n) is 8.16. The van der Waals surface area contributed by atoms with Crippen LogP contribution in [-0.2, 0) is 24.4 Å². The van der Waals surface area contributed by atoms with Crippen LogP contribution < -0.4 is 14.0 Å². The first-order valence-corrected chi connectivity index (χ1v) is 17.8. The number of pyridine rings is 1. The van der Waals surface area contributed by atoms with Gasteiger partial charge in [0.05, 0.1) is 30.8 Å². The maximum Gasteiger partial charge on any atom is 0.417 e. The molecule has 0 atom stereocenters. The van der Waals surface area contributed by atoms with E-state index >= 15 is 0 Å². The number of aromatic nitrogens is 1. The second-order valence-corrected chi connectivity index (χ2v) is 12.5. The zero-order chi connectivity index (χ0) is 33.7. The molecule has 0 aliphatic rings. The minimum Gasteiger partial charge on any atom is -0.496 e. The Kier molecular flexibility index (Phi) is 17.8. The Morgan fingerprint density at radius 3 is 2.11 bits per heavy atom. The number of aryl methyl sites for hydroxylation is 1. The van der Waals surface area contributed by atoms with Gasteiger partial charge in [0.1, 0.15) is 24.7 Å². The van der Waals surface area contributed by atoms with Gasteiger partial charge in [-0.3, -0.25) is 4.79 Å². The van der Waals surface area contributed by atoms with E-state index in [0.717, 1.165) is 36.3 Å². The summed E-state index contributed by atoms with van der Waals surface area (Å²) in [5.41, 5.74) is 1.78. The van der Waals surface area contributed by atoms with Crippen molar-refractivity contribution in [2.45, 2.75) is 117 Å². The van der Waals surface area contributed by atoms with Gasteiger partial charge in [-0.2, -0.15) is 0 Å². The standard InChI is InChI=1S/C39H54ClN2O5/c1-4-6-7-8-9-10-11-12-13-14-15-18-27-46-37-24-23-32(28-35(37)40)31-47-39(44)42(30-33-20-19-26-41(29-33)25-5-2)38(43)34-21-16-17-22-36(34)45-3/h16-17,19-24,26,28-29H,4-15,18,25,27,30-31H2,1-3H3/q+1. The maximum absolute atomic E-state index is 13.7. The van der Waals surface area contributed by atoms with Gasteiger partial charge in [-0.1, -0.05) is 114 Å². The van der Waals surface area contributed by atoms with Gasteiger partial charge in [0.25, 0.3) is 5.91 Å². The summed E-state index contributed by atoms with van der Waals surface area (Å²) in [6, 6.07) is 16.0. The molecule has 0 N–H and O–H groups in total. The largest absolute Gasteiger partial charge is 0.496 e. The second-order valence-electron chi connectivity index (χ2n) is 12.1. The summed E-state index contributed by atoms with van der Waals surface area (Å²) < 4.78 is 19.0. The summed E-state index contributed by atoms with van der Waals surface area (Å²) in [6.07, 6.45) is 19.6. The number of carbonyl (C=O) groups excluding carboxylic acids is 2. The molecule has 1 aromatic heterocycles. The van der Waals surface area contributed by atoms with Gasteiger partial charge in [0.15, 0.2) is 12.4 Å². The average Bonchev–Trinajstić information content (AvgIpc) is 3.09. The number of carbonyl (C=O) groups is 2. The summed E-state index contributed by atoms with van der Waals surface area (Å²) in [7, 11) is 1.50. The van der Waals surface area contributed by atoms with Crippen LogP contribution in [0.3, 0.4) is 0 Å². The Hall–Kier alpha value is -3.58. The van der Waals surface area contributed by atoms with Crippen LogP contribution in [0.15, 0.2) is 67.0 Å². The fourth-order valence-electron chi connectivity index (χ4n) is 5.53. The van der Waals surface area contributed by atoms with Gasteiger partial charge >= 0.3 is 6.09 Å². The van der Waals surface area contributed by atoms with Crippen molar-refractivity contribution >= 4 is 23.6 Å². The quantitative estimate of drug-likeness (QED) is 0.0789. The molecule has 0 aliphatic heterocycles. The van der Waals surface area contributed by atoms with Crippen LogP contribution in [0.1, 0.15) is 119 Å². The van der Waals surface area contributed by atoms with E-state index in [-0.39, 0.29) is 18.7 Å². The van der Waals surface area contributed by atoms with Crippen molar-refractivity contribution in [2.24, 2.45) is 0 Å². The normalized spacial score (nSPS) is 10.9. The summed E-state index contributed by atoms with van der Waals surface area (Å²) >= 11 is 6.52. The van der Waals surface area contributed by atoms with Crippen molar-refractivity contribution in [1.82, 2.24) is 4.90 Å². The molecule has 0 radical (unpaired) electrons. The Labute approximate surface area is 287 Å². The molecule has 0 bridgehead atoms. The lowest BCUT2D eigenvalue weighted by Crippen LogP contribution is -2.38. The Bertz CT molecular complexity index is 1360. The number of benzene rings is 2. The van der Waals surface area contributed by atoms with Crippen LogP contribution in [0.5, 0.6) is 11.5 Å². The number of hydrogen-bond acceptors (Lipinski definition) is 5. The van der Waals surface area contributed by atoms with Crippen molar-refractivity contribution in [2.75, 3.05) is 13.7 Å². The topological polar surface area (TPSA) is 69.0 Å². The number of imide groups is 1. The van der Waals surface area contributed by atoms with Crippen molar-refractivity contribution in [3.8, 4) is 11.5 Å². The molecule has 0 unspecified atom stereocenters. The molecule has 0 saturated heterocycles. The molecule has 0 spiro atoms. The number of para-hydroxylation sites is 1. The van der Waals surface area contributed by atoms with Crippen molar-refractivity contribution in [1.29, 1.82) is 0 Å². The van der Waals surface area contributed by atoms with Crippen molar-refractivity contribution in [3.05, 3.63) is 88.7 Å².